The van der Waals surface area contributed by atoms with Crippen LogP contribution in [0.5, 0.6) is 0 Å². The first-order valence-corrected chi connectivity index (χ1v) is 9.80. The van der Waals surface area contributed by atoms with Crippen LogP contribution in [0.1, 0.15) is 50.6 Å². The molecule has 0 spiro atoms. The average molecular weight is 358 g/mol. The molecule has 0 unspecified atom stereocenters. The Kier molecular flexibility index (Phi) is 7.00. The number of ether oxygens (including phenoxy) is 1. The number of hydrogen-bond donors (Lipinski definition) is 1. The number of carbonyl (C=O) groups excluding carboxylic acids is 1. The minimum atomic E-state index is -0.395. The molecule has 0 radical (unpaired) electrons. The van der Waals surface area contributed by atoms with Crippen molar-refractivity contribution in [2.75, 3.05) is 32.1 Å². The largest absolute Gasteiger partial charge is 0.466 e. The first-order chi connectivity index (χ1) is 12.7. The number of nitrogens with zero attached hydrogens (tertiary/aromatic N) is 3. The zero-order valence-electron chi connectivity index (χ0n) is 15.7. The van der Waals surface area contributed by atoms with E-state index in [0.29, 0.717) is 11.7 Å². The van der Waals surface area contributed by atoms with E-state index < -0.39 is 5.97 Å². The summed E-state index contributed by atoms with van der Waals surface area (Å²) in [5.41, 5.74) is 0.641. The molecule has 1 aliphatic heterocycles. The predicted octanol–water partition coefficient (Wildman–Crippen LogP) is 3.12. The van der Waals surface area contributed by atoms with E-state index in [9.17, 15) is 4.79 Å². The van der Waals surface area contributed by atoms with Gasteiger partial charge in [-0.05, 0) is 44.3 Å². The molecule has 1 atom stereocenters. The number of carbonyl (C=O) groups is 1. The maximum absolute atomic E-state index is 11.1. The number of aromatic nitrogens is 2. The number of methoxy groups -OCH3 is 1. The van der Waals surface area contributed by atoms with Crippen LogP contribution in [-0.2, 0) is 9.53 Å². The minimum absolute atomic E-state index is 0.395. The highest BCUT2D eigenvalue weighted by molar-refractivity contribution is 5.86. The molecule has 2 aliphatic rings. The Labute approximate surface area is 156 Å². The highest BCUT2D eigenvalue weighted by atomic mass is 16.5. The van der Waals surface area contributed by atoms with E-state index in [1.165, 1.54) is 71.2 Å². The summed E-state index contributed by atoms with van der Waals surface area (Å²) in [5, 5.41) is 3.51. The Morgan fingerprint density at radius 1 is 1.27 bits per heavy atom. The smallest absolute Gasteiger partial charge is 0.330 e. The van der Waals surface area contributed by atoms with Crippen LogP contribution < -0.4 is 5.32 Å². The van der Waals surface area contributed by atoms with Gasteiger partial charge in [0.1, 0.15) is 5.82 Å². The summed E-state index contributed by atoms with van der Waals surface area (Å²) in [6, 6.07) is 0.429. The van der Waals surface area contributed by atoms with Crippen molar-refractivity contribution in [1.29, 1.82) is 0 Å². The van der Waals surface area contributed by atoms with Crippen molar-refractivity contribution in [2.24, 2.45) is 5.92 Å². The van der Waals surface area contributed by atoms with Crippen molar-refractivity contribution < 1.29 is 9.53 Å². The Bertz CT molecular complexity index is 596. The highest BCUT2D eigenvalue weighted by Gasteiger charge is 2.22. The minimum Gasteiger partial charge on any atom is -0.466 e. The molecule has 1 aromatic rings. The third kappa shape index (κ3) is 5.80. The molecular weight excluding hydrogens is 328 g/mol. The van der Waals surface area contributed by atoms with Crippen LogP contribution >= 0.6 is 0 Å². The van der Waals surface area contributed by atoms with Crippen molar-refractivity contribution in [1.82, 2.24) is 14.9 Å². The maximum atomic E-state index is 11.1. The van der Waals surface area contributed by atoms with Gasteiger partial charge < -0.3 is 15.0 Å². The van der Waals surface area contributed by atoms with Gasteiger partial charge in [0, 0.05) is 18.7 Å². The molecule has 1 aromatic heterocycles. The van der Waals surface area contributed by atoms with Gasteiger partial charge in [-0.2, -0.15) is 0 Å². The Morgan fingerprint density at radius 2 is 2.12 bits per heavy atom. The van der Waals surface area contributed by atoms with E-state index in [-0.39, 0.29) is 0 Å². The number of esters is 1. The van der Waals surface area contributed by atoms with Crippen LogP contribution in [0.3, 0.4) is 0 Å². The maximum Gasteiger partial charge on any atom is 0.330 e. The van der Waals surface area contributed by atoms with E-state index in [0.717, 1.165) is 18.3 Å². The molecule has 1 N–H and O–H groups in total. The van der Waals surface area contributed by atoms with Gasteiger partial charge in [0.05, 0.1) is 25.2 Å². The summed E-state index contributed by atoms with van der Waals surface area (Å²) in [6.07, 6.45) is 15.8. The molecule has 6 nitrogen and oxygen atoms in total. The zero-order valence-corrected chi connectivity index (χ0v) is 15.7. The second-order valence-electron chi connectivity index (χ2n) is 7.41. The number of nitrogens with one attached hydrogen (secondary N) is 1. The molecule has 6 heteroatoms. The van der Waals surface area contributed by atoms with E-state index in [1.54, 1.807) is 18.5 Å². The SMILES string of the molecule is COC(=O)C=Cc1cnc(N[C@@H]2CCCN(CCC3CCCC3)C2)cn1. The molecule has 1 aliphatic carbocycles. The Morgan fingerprint density at radius 3 is 2.85 bits per heavy atom. The van der Waals surface area contributed by atoms with Crippen LogP contribution in [0.25, 0.3) is 6.08 Å². The van der Waals surface area contributed by atoms with Crippen LogP contribution in [0.4, 0.5) is 5.82 Å². The molecule has 3 rings (SSSR count). The lowest BCUT2D eigenvalue weighted by molar-refractivity contribution is -0.134. The van der Waals surface area contributed by atoms with Gasteiger partial charge in [0.2, 0.25) is 0 Å². The molecule has 142 valence electrons. The number of likely N-dealkylation sites (tertiary alicyclic amines) is 1. The fourth-order valence-corrected chi connectivity index (χ4v) is 3.97. The highest BCUT2D eigenvalue weighted by Crippen LogP contribution is 2.28. The van der Waals surface area contributed by atoms with Crippen molar-refractivity contribution in [3.05, 3.63) is 24.2 Å². The lowest BCUT2D eigenvalue weighted by Gasteiger charge is -2.33. The van der Waals surface area contributed by atoms with E-state index in [1.807, 2.05) is 0 Å². The van der Waals surface area contributed by atoms with Crippen LogP contribution in [0, 0.1) is 5.92 Å². The fraction of sp³-hybridized carbons (Fsp3) is 0.650. The van der Waals surface area contributed by atoms with Gasteiger partial charge in [-0.1, -0.05) is 25.7 Å². The lowest BCUT2D eigenvalue weighted by atomic mass is 10.0. The summed E-state index contributed by atoms with van der Waals surface area (Å²) < 4.78 is 4.57. The van der Waals surface area contributed by atoms with Gasteiger partial charge in [-0.25, -0.2) is 9.78 Å². The number of anilines is 1. The lowest BCUT2D eigenvalue weighted by Crippen LogP contribution is -2.42. The summed E-state index contributed by atoms with van der Waals surface area (Å²) in [4.78, 5) is 22.4. The van der Waals surface area contributed by atoms with E-state index in [4.69, 9.17) is 0 Å². The Balaban J connectivity index is 1.45. The van der Waals surface area contributed by atoms with Crippen molar-refractivity contribution in [3.8, 4) is 0 Å². The molecule has 1 saturated heterocycles. The van der Waals surface area contributed by atoms with E-state index in [2.05, 4.69) is 24.9 Å². The third-order valence-corrected chi connectivity index (χ3v) is 5.45. The first kappa shape index (κ1) is 18.8. The summed E-state index contributed by atoms with van der Waals surface area (Å²) in [7, 11) is 1.35. The number of piperidine rings is 1. The summed E-state index contributed by atoms with van der Waals surface area (Å²) >= 11 is 0. The molecule has 2 fully saturated rings. The first-order valence-electron chi connectivity index (χ1n) is 9.80. The molecule has 1 saturated carbocycles. The van der Waals surface area contributed by atoms with Gasteiger partial charge in [-0.15, -0.1) is 0 Å². The Hall–Kier alpha value is -1.95. The molecule has 0 bridgehead atoms. The van der Waals surface area contributed by atoms with Crippen LogP contribution in [-0.4, -0.2) is 53.6 Å². The average Bonchev–Trinajstić information content (AvgIpc) is 3.19. The van der Waals surface area contributed by atoms with Gasteiger partial charge in [0.15, 0.2) is 0 Å². The summed E-state index contributed by atoms with van der Waals surface area (Å²) in [6.45, 7) is 3.53. The second-order valence-corrected chi connectivity index (χ2v) is 7.41. The molecular formula is C20H30N4O2. The van der Waals surface area contributed by atoms with Gasteiger partial charge in [0.25, 0.3) is 0 Å². The van der Waals surface area contributed by atoms with Crippen molar-refractivity contribution >= 4 is 17.9 Å². The standard InChI is InChI=1S/C20H30N4O2/c1-26-20(25)9-8-17-13-22-19(14-21-17)23-18-7-4-11-24(15-18)12-10-16-5-2-3-6-16/h8-9,13-14,16,18H,2-7,10-12,15H2,1H3,(H,22,23)/t18-/m1/s1. The van der Waals surface area contributed by atoms with Crippen molar-refractivity contribution in [2.45, 2.75) is 51.0 Å². The normalized spacial score (nSPS) is 22.0. The van der Waals surface area contributed by atoms with Gasteiger partial charge >= 0.3 is 5.97 Å². The van der Waals surface area contributed by atoms with Gasteiger partial charge in [-0.3, -0.25) is 4.98 Å². The topological polar surface area (TPSA) is 67.3 Å². The summed E-state index contributed by atoms with van der Waals surface area (Å²) in [5.74, 6) is 1.36. The second kappa shape index (κ2) is 9.67. The third-order valence-electron chi connectivity index (χ3n) is 5.45. The van der Waals surface area contributed by atoms with Crippen LogP contribution in [0.15, 0.2) is 18.5 Å². The molecule has 0 aromatic carbocycles. The number of rotatable bonds is 7. The zero-order chi connectivity index (χ0) is 18.2. The van der Waals surface area contributed by atoms with Crippen molar-refractivity contribution in [3.63, 3.8) is 0 Å². The molecule has 2 heterocycles. The van der Waals surface area contributed by atoms with E-state index >= 15 is 0 Å². The monoisotopic (exact) mass is 358 g/mol. The predicted molar refractivity (Wildman–Crippen MR) is 103 cm³/mol. The number of hydrogen-bond acceptors (Lipinski definition) is 6. The fourth-order valence-electron chi connectivity index (χ4n) is 3.97. The molecule has 26 heavy (non-hydrogen) atoms. The van der Waals surface area contributed by atoms with Crippen LogP contribution in [0.2, 0.25) is 0 Å². The molecule has 0 amide bonds. The quantitative estimate of drug-likeness (QED) is 0.597.